The van der Waals surface area contributed by atoms with Crippen molar-refractivity contribution in [2.24, 2.45) is 0 Å². The highest BCUT2D eigenvalue weighted by Crippen LogP contribution is 2.23. The highest BCUT2D eigenvalue weighted by molar-refractivity contribution is 8.13. The zero-order valence-corrected chi connectivity index (χ0v) is 17.4. The molecule has 154 valence electrons. The zero-order valence-electron chi connectivity index (χ0n) is 16.6. The molecule has 1 amide bonds. The van der Waals surface area contributed by atoms with Gasteiger partial charge < -0.3 is 9.62 Å². The number of hydrogen-bond donors (Lipinski definition) is 1. The maximum absolute atomic E-state index is 12.6. The molecule has 1 aromatic heterocycles. The SMILES string of the molecule is Cc1oc(-c2ccccc2)nc1CCC(=O)c1ccc(CC2C[NH+]([O-])C(=O)S2)cc1. The van der Waals surface area contributed by atoms with Crippen molar-refractivity contribution in [1.82, 2.24) is 4.98 Å². The van der Waals surface area contributed by atoms with E-state index in [4.69, 9.17) is 4.42 Å². The van der Waals surface area contributed by atoms with Gasteiger partial charge in [0, 0.05) is 24.0 Å². The number of hydrogen-bond acceptors (Lipinski definition) is 6. The molecule has 0 saturated carbocycles. The lowest BCUT2D eigenvalue weighted by Gasteiger charge is -2.11. The molecule has 0 radical (unpaired) electrons. The van der Waals surface area contributed by atoms with Crippen LogP contribution in [0.15, 0.2) is 59.0 Å². The topological polar surface area (TPSA) is 87.7 Å². The van der Waals surface area contributed by atoms with Gasteiger partial charge in [0.2, 0.25) is 5.89 Å². The molecular weight excluding hydrogens is 400 g/mol. The van der Waals surface area contributed by atoms with E-state index in [0.717, 1.165) is 34.3 Å². The van der Waals surface area contributed by atoms with Crippen molar-refractivity contribution < 1.29 is 19.1 Å². The predicted molar refractivity (Wildman–Crippen MR) is 115 cm³/mol. The van der Waals surface area contributed by atoms with Crippen LogP contribution in [0.3, 0.4) is 0 Å². The summed E-state index contributed by atoms with van der Waals surface area (Å²) in [6.45, 7) is 2.16. The van der Waals surface area contributed by atoms with E-state index in [9.17, 15) is 14.8 Å². The van der Waals surface area contributed by atoms with Crippen LogP contribution in [0, 0.1) is 12.1 Å². The van der Waals surface area contributed by atoms with Gasteiger partial charge in [-0.25, -0.2) is 9.78 Å². The Morgan fingerprint density at radius 2 is 1.93 bits per heavy atom. The molecule has 0 bridgehead atoms. The second-order valence-electron chi connectivity index (χ2n) is 7.37. The molecule has 2 aromatic carbocycles. The Bertz CT molecular complexity index is 1050. The molecule has 1 saturated heterocycles. The van der Waals surface area contributed by atoms with Crippen LogP contribution in [-0.2, 0) is 12.8 Å². The number of nitrogens with one attached hydrogen (secondary N) is 1. The second kappa shape index (κ2) is 8.95. The average Bonchev–Trinajstić information content (AvgIpc) is 3.28. The van der Waals surface area contributed by atoms with Gasteiger partial charge in [0.05, 0.1) is 17.5 Å². The Kier molecular flexibility index (Phi) is 6.13. The number of carbonyl (C=O) groups excluding carboxylic acids is 2. The molecule has 2 heterocycles. The minimum absolute atomic E-state index is 0.000465. The van der Waals surface area contributed by atoms with Crippen LogP contribution in [-0.4, -0.2) is 27.8 Å². The highest BCUT2D eigenvalue weighted by atomic mass is 32.2. The number of aromatic nitrogens is 1. The minimum Gasteiger partial charge on any atom is -0.626 e. The quantitative estimate of drug-likeness (QED) is 0.462. The molecular formula is C23H22N2O4S. The van der Waals surface area contributed by atoms with E-state index in [0.29, 0.717) is 37.3 Å². The summed E-state index contributed by atoms with van der Waals surface area (Å²) >= 11 is 1.12. The van der Waals surface area contributed by atoms with Gasteiger partial charge >= 0.3 is 5.24 Å². The van der Waals surface area contributed by atoms with Gasteiger partial charge in [-0.1, -0.05) is 42.5 Å². The molecule has 0 spiro atoms. The molecule has 1 aliphatic rings. The van der Waals surface area contributed by atoms with E-state index in [1.807, 2.05) is 61.5 Å². The molecule has 1 aliphatic heterocycles. The van der Waals surface area contributed by atoms with Crippen LogP contribution in [0.5, 0.6) is 0 Å². The number of rotatable bonds is 7. The lowest BCUT2D eigenvalue weighted by atomic mass is 10.0. The first-order valence-corrected chi connectivity index (χ1v) is 10.8. The number of aryl methyl sites for hydroxylation is 2. The van der Waals surface area contributed by atoms with E-state index in [1.54, 1.807) is 0 Å². The third kappa shape index (κ3) is 4.70. The number of Topliss-reactive ketones (excluding diaryl/α,β-unsaturated/α-hetero) is 1. The highest BCUT2D eigenvalue weighted by Gasteiger charge is 2.31. The Labute approximate surface area is 178 Å². The Morgan fingerprint density at radius 3 is 2.60 bits per heavy atom. The molecule has 30 heavy (non-hydrogen) atoms. The summed E-state index contributed by atoms with van der Waals surface area (Å²) in [7, 11) is 0. The summed E-state index contributed by atoms with van der Waals surface area (Å²) in [5, 5.41) is 10.7. The molecule has 4 rings (SSSR count). The van der Waals surface area contributed by atoms with Crippen LogP contribution in [0.25, 0.3) is 11.5 Å². The second-order valence-corrected chi connectivity index (χ2v) is 8.64. The average molecular weight is 423 g/mol. The van der Waals surface area contributed by atoms with Crippen molar-refractivity contribution in [3.63, 3.8) is 0 Å². The van der Waals surface area contributed by atoms with Crippen LogP contribution < -0.4 is 5.06 Å². The maximum Gasteiger partial charge on any atom is 0.373 e. The van der Waals surface area contributed by atoms with Gasteiger partial charge in [0.15, 0.2) is 5.78 Å². The summed E-state index contributed by atoms with van der Waals surface area (Å²) in [4.78, 5) is 28.5. The van der Waals surface area contributed by atoms with Crippen molar-refractivity contribution >= 4 is 22.8 Å². The van der Waals surface area contributed by atoms with Gasteiger partial charge in [-0.2, -0.15) is 0 Å². The lowest BCUT2D eigenvalue weighted by Crippen LogP contribution is -3.07. The summed E-state index contributed by atoms with van der Waals surface area (Å²) in [6.07, 6.45) is 1.52. The molecule has 3 aromatic rings. The minimum atomic E-state index is -0.342. The number of quaternary nitrogens is 1. The van der Waals surface area contributed by atoms with Crippen molar-refractivity contribution in [3.05, 3.63) is 82.4 Å². The van der Waals surface area contributed by atoms with E-state index < -0.39 is 0 Å². The lowest BCUT2D eigenvalue weighted by molar-refractivity contribution is -0.746. The first-order chi connectivity index (χ1) is 14.5. The largest absolute Gasteiger partial charge is 0.626 e. The summed E-state index contributed by atoms with van der Waals surface area (Å²) in [5.41, 5.74) is 3.38. The fraction of sp³-hybridized carbons (Fsp3) is 0.261. The molecule has 1 N–H and O–H groups in total. The standard InChI is InChI=1S/C23H22N2O4S/c1-15-20(24-22(29-15)18-5-3-2-4-6-18)11-12-21(26)17-9-7-16(8-10-17)13-19-14-25(28)23(27)30-19/h2-10,19,25H,11-14H2,1H3. The fourth-order valence-corrected chi connectivity index (χ4v) is 4.52. The molecule has 2 unspecified atom stereocenters. The normalized spacial score (nSPS) is 18.7. The smallest absolute Gasteiger partial charge is 0.373 e. The van der Waals surface area contributed by atoms with Gasteiger partial charge in [-0.05, 0) is 42.8 Å². The molecule has 2 atom stereocenters. The Balaban J connectivity index is 1.34. The van der Waals surface area contributed by atoms with Crippen molar-refractivity contribution in [2.45, 2.75) is 31.4 Å². The molecule has 1 fully saturated rings. The number of thioether (sulfide) groups is 1. The first-order valence-electron chi connectivity index (χ1n) is 9.87. The van der Waals surface area contributed by atoms with E-state index in [-0.39, 0.29) is 21.3 Å². The maximum atomic E-state index is 12.6. The third-order valence-corrected chi connectivity index (χ3v) is 6.26. The summed E-state index contributed by atoms with van der Waals surface area (Å²) in [5.74, 6) is 1.35. The van der Waals surface area contributed by atoms with Crippen LogP contribution in [0.4, 0.5) is 4.79 Å². The zero-order chi connectivity index (χ0) is 21.1. The van der Waals surface area contributed by atoms with Crippen molar-refractivity contribution in [1.29, 1.82) is 0 Å². The number of benzene rings is 2. The first kappa shape index (κ1) is 20.5. The predicted octanol–water partition coefficient (Wildman–Crippen LogP) is 3.63. The van der Waals surface area contributed by atoms with Gasteiger partial charge in [-0.3, -0.25) is 9.86 Å². The summed E-state index contributed by atoms with van der Waals surface area (Å²) in [6, 6.07) is 17.1. The number of ketones is 1. The van der Waals surface area contributed by atoms with Gasteiger partial charge in [-0.15, -0.1) is 0 Å². The molecule has 7 heteroatoms. The number of amides is 1. The van der Waals surface area contributed by atoms with Crippen molar-refractivity contribution in [3.8, 4) is 11.5 Å². The van der Waals surface area contributed by atoms with Crippen LogP contribution in [0.1, 0.15) is 33.8 Å². The van der Waals surface area contributed by atoms with E-state index in [2.05, 4.69) is 4.98 Å². The Hall–Kier alpha value is -2.74. The number of hydroxylamine groups is 2. The third-order valence-electron chi connectivity index (χ3n) is 5.16. The molecule has 0 aliphatic carbocycles. The van der Waals surface area contributed by atoms with Crippen LogP contribution >= 0.6 is 11.8 Å². The number of carbonyl (C=O) groups is 2. The van der Waals surface area contributed by atoms with E-state index >= 15 is 0 Å². The number of oxazole rings is 1. The van der Waals surface area contributed by atoms with Gasteiger partial charge in [0.25, 0.3) is 0 Å². The molecule has 6 nitrogen and oxygen atoms in total. The Morgan fingerprint density at radius 1 is 1.20 bits per heavy atom. The number of nitrogens with zero attached hydrogens (tertiary/aromatic N) is 1. The van der Waals surface area contributed by atoms with Crippen LogP contribution in [0.2, 0.25) is 0 Å². The fourth-order valence-electron chi connectivity index (χ4n) is 3.49. The summed E-state index contributed by atoms with van der Waals surface area (Å²) < 4.78 is 5.76. The van der Waals surface area contributed by atoms with Crippen molar-refractivity contribution in [2.75, 3.05) is 6.54 Å². The van der Waals surface area contributed by atoms with Gasteiger partial charge in [0.1, 0.15) is 5.76 Å². The van der Waals surface area contributed by atoms with E-state index in [1.165, 1.54) is 0 Å². The monoisotopic (exact) mass is 422 g/mol.